The molecule has 1 aromatic heterocycles. The number of aromatic hydroxyl groups is 7. The highest BCUT2D eigenvalue weighted by Gasteiger charge is 2.45. The van der Waals surface area contributed by atoms with Gasteiger partial charge in [-0.2, -0.15) is 0 Å². The maximum atomic E-state index is 14.2. The van der Waals surface area contributed by atoms with Crippen LogP contribution in [-0.2, 0) is 27.4 Å². The van der Waals surface area contributed by atoms with Crippen LogP contribution in [0.4, 0.5) is 4.39 Å². The van der Waals surface area contributed by atoms with E-state index < -0.39 is 75.9 Å². The molecule has 0 aliphatic carbocycles. The van der Waals surface area contributed by atoms with Crippen LogP contribution in [0.2, 0.25) is 0 Å². The molecular formula is C29H29FN4O12. The van der Waals surface area contributed by atoms with Gasteiger partial charge in [-0.25, -0.2) is 13.9 Å². The lowest BCUT2D eigenvalue weighted by molar-refractivity contribution is -0.116. The molecule has 1 aliphatic heterocycles. The summed E-state index contributed by atoms with van der Waals surface area (Å²) < 4.78 is 38.9. The van der Waals surface area contributed by atoms with E-state index in [1.807, 2.05) is 0 Å². The fourth-order valence-electron chi connectivity index (χ4n) is 4.78. The van der Waals surface area contributed by atoms with Gasteiger partial charge in [0.15, 0.2) is 46.8 Å². The molecule has 0 saturated carbocycles. The Morgan fingerprint density at radius 3 is 2.35 bits per heavy atom. The van der Waals surface area contributed by atoms with Crippen LogP contribution in [0.5, 0.6) is 46.0 Å². The molecule has 9 N–H and O–H groups in total. The van der Waals surface area contributed by atoms with Crippen LogP contribution < -0.4 is 10.5 Å². The second-order valence-corrected chi connectivity index (χ2v) is 10.1. The zero-order valence-electron chi connectivity index (χ0n) is 23.8. The van der Waals surface area contributed by atoms with Crippen LogP contribution >= 0.6 is 0 Å². The molecule has 244 valence electrons. The van der Waals surface area contributed by atoms with Crippen molar-refractivity contribution < 1.29 is 63.9 Å². The summed E-state index contributed by atoms with van der Waals surface area (Å²) >= 11 is 0. The second-order valence-electron chi connectivity index (χ2n) is 10.1. The van der Waals surface area contributed by atoms with E-state index >= 15 is 0 Å². The van der Waals surface area contributed by atoms with E-state index in [0.29, 0.717) is 38.1 Å². The van der Waals surface area contributed by atoms with Crippen LogP contribution in [0.25, 0.3) is 0 Å². The standard InChI is InChI=1S/C29H29FN4O12/c30-17-5-14(8-19(37)24(17)40)29(42)46-28-26(13-6-20(38)25(41)21(39)7-13)45-22-10-16(35)9-18(36)23(22)27(28)44-12-15-11-34(33-32-15)2-4-43-3-1-31/h5-11,26-28,35-41H,1-4,12,31H2. The number of phenolic OH excluding ortho intramolecular Hbond substituents is 7. The van der Waals surface area contributed by atoms with Gasteiger partial charge in [0, 0.05) is 24.2 Å². The first-order valence-corrected chi connectivity index (χ1v) is 13.6. The Morgan fingerprint density at radius 2 is 1.65 bits per heavy atom. The third-order valence-electron chi connectivity index (χ3n) is 6.91. The molecule has 17 heteroatoms. The van der Waals surface area contributed by atoms with Gasteiger partial charge in [-0.1, -0.05) is 5.21 Å². The molecule has 0 saturated heterocycles. The number of carbonyl (C=O) groups is 1. The number of fused-ring (bicyclic) bond motifs is 1. The predicted molar refractivity (Wildman–Crippen MR) is 151 cm³/mol. The van der Waals surface area contributed by atoms with Gasteiger partial charge in [0.25, 0.3) is 0 Å². The third kappa shape index (κ3) is 6.60. The molecular weight excluding hydrogens is 615 g/mol. The van der Waals surface area contributed by atoms with Gasteiger partial charge in [0.05, 0.1) is 43.7 Å². The number of aromatic nitrogens is 3. The number of ether oxygens (including phenoxy) is 4. The molecule has 0 amide bonds. The lowest BCUT2D eigenvalue weighted by atomic mass is 9.90. The minimum atomic E-state index is -1.60. The molecule has 2 heterocycles. The summed E-state index contributed by atoms with van der Waals surface area (Å²) in [5.41, 5.74) is 5.05. The van der Waals surface area contributed by atoms with E-state index in [4.69, 9.17) is 24.7 Å². The average molecular weight is 645 g/mol. The molecule has 16 nitrogen and oxygen atoms in total. The number of benzene rings is 3. The molecule has 3 aromatic carbocycles. The Bertz CT molecular complexity index is 1700. The van der Waals surface area contributed by atoms with E-state index in [-0.39, 0.29) is 23.5 Å². The van der Waals surface area contributed by atoms with Gasteiger partial charge >= 0.3 is 5.97 Å². The van der Waals surface area contributed by atoms with Crippen LogP contribution in [0.3, 0.4) is 0 Å². The number of phenols is 7. The Labute approximate surface area is 258 Å². The Balaban J connectivity index is 1.54. The molecule has 3 atom stereocenters. The molecule has 1 aliphatic rings. The molecule has 46 heavy (non-hydrogen) atoms. The van der Waals surface area contributed by atoms with Crippen molar-refractivity contribution in [3.05, 3.63) is 70.8 Å². The monoisotopic (exact) mass is 644 g/mol. The number of hydrogen-bond acceptors (Lipinski definition) is 15. The largest absolute Gasteiger partial charge is 0.508 e. The molecule has 3 unspecified atom stereocenters. The highest BCUT2D eigenvalue weighted by atomic mass is 19.1. The number of esters is 1. The van der Waals surface area contributed by atoms with E-state index in [1.54, 1.807) is 6.20 Å². The van der Waals surface area contributed by atoms with Crippen molar-refractivity contribution in [3.8, 4) is 46.0 Å². The summed E-state index contributed by atoms with van der Waals surface area (Å²) in [5, 5.41) is 78.9. The molecule has 0 fully saturated rings. The van der Waals surface area contributed by atoms with Gasteiger partial charge in [-0.05, 0) is 24.3 Å². The van der Waals surface area contributed by atoms with Gasteiger partial charge in [-0.3, -0.25) is 0 Å². The second kappa shape index (κ2) is 13.2. The molecule has 0 radical (unpaired) electrons. The van der Waals surface area contributed by atoms with E-state index in [9.17, 15) is 44.9 Å². The number of halogens is 1. The zero-order chi connectivity index (χ0) is 33.1. The lowest BCUT2D eigenvalue weighted by Crippen LogP contribution is -2.39. The van der Waals surface area contributed by atoms with Gasteiger partial charge in [-0.15, -0.1) is 5.10 Å². The van der Waals surface area contributed by atoms with Crippen LogP contribution in [0.15, 0.2) is 42.6 Å². The Kier molecular flexibility index (Phi) is 9.17. The summed E-state index contributed by atoms with van der Waals surface area (Å²) in [6.07, 6.45) is -2.94. The Morgan fingerprint density at radius 1 is 0.935 bits per heavy atom. The van der Waals surface area contributed by atoms with Gasteiger partial charge in [0.2, 0.25) is 0 Å². The van der Waals surface area contributed by atoms with Crippen LogP contribution in [0, 0.1) is 5.82 Å². The van der Waals surface area contributed by atoms with E-state index in [0.717, 1.165) is 30.3 Å². The number of carbonyl (C=O) groups excluding carboxylic acids is 1. The quantitative estimate of drug-likeness (QED) is 0.0660. The summed E-state index contributed by atoms with van der Waals surface area (Å²) in [6.45, 7) is 1.09. The minimum Gasteiger partial charge on any atom is -0.508 e. The number of nitrogens with zero attached hydrogens (tertiary/aromatic N) is 3. The van der Waals surface area contributed by atoms with E-state index in [2.05, 4.69) is 10.3 Å². The van der Waals surface area contributed by atoms with Crippen LogP contribution in [0.1, 0.15) is 39.4 Å². The molecule has 4 aromatic rings. The van der Waals surface area contributed by atoms with Crippen molar-refractivity contribution in [1.29, 1.82) is 0 Å². The van der Waals surface area contributed by atoms with Crippen molar-refractivity contribution in [2.75, 3.05) is 19.8 Å². The van der Waals surface area contributed by atoms with Crippen molar-refractivity contribution in [2.24, 2.45) is 5.73 Å². The normalized spacial score (nSPS) is 17.3. The van der Waals surface area contributed by atoms with Crippen molar-refractivity contribution in [3.63, 3.8) is 0 Å². The summed E-state index contributed by atoms with van der Waals surface area (Å²) in [7, 11) is 0. The first-order valence-electron chi connectivity index (χ1n) is 13.6. The minimum absolute atomic E-state index is 0.0594. The molecule has 5 rings (SSSR count). The van der Waals surface area contributed by atoms with Crippen LogP contribution in [-0.4, -0.2) is 82.6 Å². The molecule has 0 bridgehead atoms. The average Bonchev–Trinajstić information content (AvgIpc) is 3.46. The number of rotatable bonds is 11. The highest BCUT2D eigenvalue weighted by Crippen LogP contribution is 2.51. The predicted octanol–water partition coefficient (Wildman–Crippen LogP) is 1.95. The maximum absolute atomic E-state index is 14.2. The summed E-state index contributed by atoms with van der Waals surface area (Å²) in [4.78, 5) is 13.3. The third-order valence-corrected chi connectivity index (χ3v) is 6.91. The topological polar surface area (TPSA) is 252 Å². The highest BCUT2D eigenvalue weighted by molar-refractivity contribution is 5.90. The number of nitrogens with two attached hydrogens (primary N) is 1. The van der Waals surface area contributed by atoms with Crippen molar-refractivity contribution in [1.82, 2.24) is 15.0 Å². The Hall–Kier alpha value is -5.52. The number of hydrogen-bond donors (Lipinski definition) is 8. The molecule has 0 spiro atoms. The fourth-order valence-corrected chi connectivity index (χ4v) is 4.78. The van der Waals surface area contributed by atoms with Gasteiger partial charge < -0.3 is 60.4 Å². The van der Waals surface area contributed by atoms with Crippen molar-refractivity contribution in [2.45, 2.75) is 31.5 Å². The van der Waals surface area contributed by atoms with Crippen molar-refractivity contribution >= 4 is 5.97 Å². The first kappa shape index (κ1) is 31.9. The lowest BCUT2D eigenvalue weighted by Gasteiger charge is -2.39. The summed E-state index contributed by atoms with van der Waals surface area (Å²) in [6, 6.07) is 5.52. The fraction of sp³-hybridized carbons (Fsp3) is 0.276. The SMILES string of the molecule is NCCOCCn1cc(COC2c3c(O)cc(O)cc3OC(c3cc(O)c(O)c(O)c3)C2OC(=O)c2cc(O)c(O)c(F)c2)nn1. The van der Waals surface area contributed by atoms with Gasteiger partial charge in [0.1, 0.15) is 29.0 Å². The zero-order valence-corrected chi connectivity index (χ0v) is 23.8. The maximum Gasteiger partial charge on any atom is 0.338 e. The first-order chi connectivity index (χ1) is 22.0. The van der Waals surface area contributed by atoms with E-state index in [1.165, 1.54) is 4.68 Å². The summed E-state index contributed by atoms with van der Waals surface area (Å²) in [5.74, 6) is -8.03. The smallest absolute Gasteiger partial charge is 0.338 e.